The van der Waals surface area contributed by atoms with Crippen molar-refractivity contribution in [1.29, 1.82) is 5.26 Å². The Balaban J connectivity index is 1.69. The number of ether oxygens (including phenoxy) is 1. The lowest BCUT2D eigenvalue weighted by Crippen LogP contribution is -2.13. The fraction of sp³-hybridized carbons (Fsp3) is 0.190. The lowest BCUT2D eigenvalue weighted by atomic mass is 10.1. The van der Waals surface area contributed by atoms with Crippen LogP contribution < -0.4 is 10.1 Å². The van der Waals surface area contributed by atoms with Gasteiger partial charge in [-0.1, -0.05) is 48.9 Å². The van der Waals surface area contributed by atoms with Crippen LogP contribution in [-0.2, 0) is 4.79 Å². The monoisotopic (exact) mass is 377 g/mol. The number of carbonyl (C=O) groups excluding carboxylic acids is 1. The number of hydrogen-bond acceptors (Lipinski definition) is 5. The van der Waals surface area contributed by atoms with Gasteiger partial charge in [-0.15, -0.1) is 0 Å². The first-order valence-electron chi connectivity index (χ1n) is 8.71. The average molecular weight is 377 g/mol. The Hall–Kier alpha value is -3.17. The molecule has 0 atom stereocenters. The van der Waals surface area contributed by atoms with Gasteiger partial charge in [-0.3, -0.25) is 10.1 Å². The highest BCUT2D eigenvalue weighted by Crippen LogP contribution is 2.25. The molecule has 3 rings (SSSR count). The zero-order valence-electron chi connectivity index (χ0n) is 14.9. The molecule has 0 saturated heterocycles. The van der Waals surface area contributed by atoms with Gasteiger partial charge in [-0.25, -0.2) is 4.98 Å². The van der Waals surface area contributed by atoms with E-state index in [0.717, 1.165) is 34.4 Å². The third-order valence-corrected chi connectivity index (χ3v) is 4.79. The van der Waals surface area contributed by atoms with Crippen LogP contribution in [0.1, 0.15) is 25.3 Å². The van der Waals surface area contributed by atoms with Gasteiger partial charge in [0.1, 0.15) is 17.4 Å². The number of aromatic nitrogens is 1. The second-order valence-electron chi connectivity index (χ2n) is 5.88. The fourth-order valence-electron chi connectivity index (χ4n) is 2.40. The second kappa shape index (κ2) is 8.97. The molecule has 136 valence electrons. The van der Waals surface area contributed by atoms with Crippen molar-refractivity contribution in [3.05, 3.63) is 59.7 Å². The summed E-state index contributed by atoms with van der Waals surface area (Å²) in [6, 6.07) is 16.9. The number of nitriles is 1. The molecule has 0 aliphatic heterocycles. The Morgan fingerprint density at radius 3 is 2.74 bits per heavy atom. The van der Waals surface area contributed by atoms with Crippen molar-refractivity contribution >= 4 is 38.7 Å². The Morgan fingerprint density at radius 1 is 1.26 bits per heavy atom. The van der Waals surface area contributed by atoms with Crippen LogP contribution >= 0.6 is 11.3 Å². The molecular formula is C21H19N3O2S. The van der Waals surface area contributed by atoms with Crippen LogP contribution in [0.4, 0.5) is 5.13 Å². The third-order valence-electron chi connectivity index (χ3n) is 3.84. The van der Waals surface area contributed by atoms with Crippen molar-refractivity contribution < 1.29 is 9.53 Å². The van der Waals surface area contributed by atoms with Gasteiger partial charge >= 0.3 is 0 Å². The molecule has 0 spiro atoms. The molecule has 0 saturated carbocycles. The molecule has 3 aromatic rings. The maximum absolute atomic E-state index is 12.4. The molecule has 0 radical (unpaired) electrons. The highest BCUT2D eigenvalue weighted by atomic mass is 32.1. The summed E-state index contributed by atoms with van der Waals surface area (Å²) < 4.78 is 6.60. The molecule has 0 unspecified atom stereocenters. The van der Waals surface area contributed by atoms with E-state index >= 15 is 0 Å². The minimum atomic E-state index is -0.472. The van der Waals surface area contributed by atoms with E-state index in [1.807, 2.05) is 54.6 Å². The van der Waals surface area contributed by atoms with Gasteiger partial charge in [-0.2, -0.15) is 5.26 Å². The summed E-state index contributed by atoms with van der Waals surface area (Å²) in [5.74, 6) is 0.304. The van der Waals surface area contributed by atoms with Gasteiger partial charge < -0.3 is 4.74 Å². The van der Waals surface area contributed by atoms with E-state index in [2.05, 4.69) is 17.2 Å². The minimum Gasteiger partial charge on any atom is -0.494 e. The lowest BCUT2D eigenvalue weighted by molar-refractivity contribution is -0.112. The molecule has 1 amide bonds. The van der Waals surface area contributed by atoms with Crippen molar-refractivity contribution in [3.8, 4) is 11.8 Å². The number of para-hydroxylation sites is 1. The van der Waals surface area contributed by atoms with Crippen LogP contribution in [0.25, 0.3) is 16.3 Å². The fourth-order valence-corrected chi connectivity index (χ4v) is 3.26. The number of carbonyl (C=O) groups is 1. The Kier molecular flexibility index (Phi) is 6.18. The molecule has 5 nitrogen and oxygen atoms in total. The number of rotatable bonds is 7. The zero-order valence-corrected chi connectivity index (χ0v) is 15.8. The van der Waals surface area contributed by atoms with Crippen LogP contribution in [0, 0.1) is 11.3 Å². The van der Waals surface area contributed by atoms with Crippen LogP contribution in [0.3, 0.4) is 0 Å². The van der Waals surface area contributed by atoms with Crippen molar-refractivity contribution in [2.24, 2.45) is 0 Å². The standard InChI is InChI=1S/C21H19N3O2S/c1-2-3-12-26-17-10-8-15(9-11-17)13-16(14-22)20(25)24-21-23-18-6-4-5-7-19(18)27-21/h4-11,13H,2-3,12H2,1H3,(H,23,24,25)/b16-13+. The molecule has 27 heavy (non-hydrogen) atoms. The first-order valence-corrected chi connectivity index (χ1v) is 9.53. The van der Waals surface area contributed by atoms with Gasteiger partial charge in [0, 0.05) is 0 Å². The van der Waals surface area contributed by atoms with Crippen molar-refractivity contribution in [1.82, 2.24) is 4.98 Å². The van der Waals surface area contributed by atoms with Crippen LogP contribution in [-0.4, -0.2) is 17.5 Å². The predicted octanol–water partition coefficient (Wildman–Crippen LogP) is 5.02. The molecule has 2 aromatic carbocycles. The quantitative estimate of drug-likeness (QED) is 0.356. The highest BCUT2D eigenvalue weighted by Gasteiger charge is 2.12. The van der Waals surface area contributed by atoms with E-state index in [1.165, 1.54) is 11.3 Å². The molecule has 1 aromatic heterocycles. The Labute approximate surface area is 161 Å². The van der Waals surface area contributed by atoms with Crippen LogP contribution in [0.15, 0.2) is 54.1 Å². The summed E-state index contributed by atoms with van der Waals surface area (Å²) in [4.78, 5) is 16.8. The molecule has 1 N–H and O–H groups in total. The van der Waals surface area contributed by atoms with Crippen molar-refractivity contribution in [2.75, 3.05) is 11.9 Å². The van der Waals surface area contributed by atoms with Crippen molar-refractivity contribution in [3.63, 3.8) is 0 Å². The number of benzene rings is 2. The Morgan fingerprint density at radius 2 is 2.04 bits per heavy atom. The normalized spacial score (nSPS) is 11.2. The van der Waals surface area contributed by atoms with Gasteiger partial charge in [0.25, 0.3) is 5.91 Å². The number of thiazole rings is 1. The first-order chi connectivity index (χ1) is 13.2. The maximum Gasteiger partial charge on any atom is 0.268 e. The lowest BCUT2D eigenvalue weighted by Gasteiger charge is -2.05. The van der Waals surface area contributed by atoms with Gasteiger partial charge in [-0.05, 0) is 42.3 Å². The highest BCUT2D eigenvalue weighted by molar-refractivity contribution is 7.22. The van der Waals surface area contributed by atoms with Gasteiger partial charge in [0.15, 0.2) is 5.13 Å². The second-order valence-corrected chi connectivity index (χ2v) is 6.91. The van der Waals surface area contributed by atoms with E-state index in [1.54, 1.807) is 6.08 Å². The van der Waals surface area contributed by atoms with E-state index in [0.29, 0.717) is 11.7 Å². The average Bonchev–Trinajstić information content (AvgIpc) is 3.09. The molecular weight excluding hydrogens is 358 g/mol. The predicted molar refractivity (Wildman–Crippen MR) is 109 cm³/mol. The zero-order chi connectivity index (χ0) is 19.1. The van der Waals surface area contributed by atoms with E-state index in [4.69, 9.17) is 4.74 Å². The first kappa shape index (κ1) is 18.6. The number of unbranched alkanes of at least 4 members (excludes halogenated alkanes) is 1. The summed E-state index contributed by atoms with van der Waals surface area (Å²) >= 11 is 1.37. The third kappa shape index (κ3) is 4.93. The van der Waals surface area contributed by atoms with Gasteiger partial charge in [0.05, 0.1) is 16.8 Å². The number of hydrogen-bond donors (Lipinski definition) is 1. The number of fused-ring (bicyclic) bond motifs is 1. The largest absolute Gasteiger partial charge is 0.494 e. The molecule has 0 bridgehead atoms. The van der Waals surface area contributed by atoms with Gasteiger partial charge in [0.2, 0.25) is 0 Å². The number of nitrogens with zero attached hydrogens (tertiary/aromatic N) is 2. The van der Waals surface area contributed by atoms with E-state index < -0.39 is 5.91 Å². The molecule has 0 aliphatic rings. The number of anilines is 1. The maximum atomic E-state index is 12.4. The van der Waals surface area contributed by atoms with E-state index in [9.17, 15) is 10.1 Å². The summed E-state index contributed by atoms with van der Waals surface area (Å²) in [7, 11) is 0. The number of nitrogens with one attached hydrogen (secondary N) is 1. The number of amides is 1. The topological polar surface area (TPSA) is 75.0 Å². The summed E-state index contributed by atoms with van der Waals surface area (Å²) in [5, 5.41) is 12.5. The Bertz CT molecular complexity index is 967. The molecule has 0 aliphatic carbocycles. The van der Waals surface area contributed by atoms with Crippen molar-refractivity contribution in [2.45, 2.75) is 19.8 Å². The van der Waals surface area contributed by atoms with Crippen LogP contribution in [0.2, 0.25) is 0 Å². The van der Waals surface area contributed by atoms with Crippen LogP contribution in [0.5, 0.6) is 5.75 Å². The smallest absolute Gasteiger partial charge is 0.268 e. The summed E-state index contributed by atoms with van der Waals surface area (Å²) in [6.07, 6.45) is 3.64. The summed E-state index contributed by atoms with van der Waals surface area (Å²) in [6.45, 7) is 2.79. The summed E-state index contributed by atoms with van der Waals surface area (Å²) in [5.41, 5.74) is 1.60. The SMILES string of the molecule is CCCCOc1ccc(/C=C(\C#N)C(=O)Nc2nc3ccccc3s2)cc1. The minimum absolute atomic E-state index is 0.0221. The molecule has 6 heteroatoms. The molecule has 0 fully saturated rings. The van der Waals surface area contributed by atoms with E-state index in [-0.39, 0.29) is 5.57 Å². The molecule has 1 heterocycles.